The molecule has 2 aromatic rings. The van der Waals surface area contributed by atoms with E-state index >= 15 is 0 Å². The van der Waals surface area contributed by atoms with Crippen molar-refractivity contribution in [2.75, 3.05) is 20.2 Å². The molecule has 168 valence electrons. The van der Waals surface area contributed by atoms with Crippen molar-refractivity contribution in [3.63, 3.8) is 0 Å². The topological polar surface area (TPSA) is 96.5 Å². The van der Waals surface area contributed by atoms with Crippen LogP contribution in [0.2, 0.25) is 0 Å². The molecule has 0 unspecified atom stereocenters. The number of amides is 2. The number of benzene rings is 2. The number of methoxy groups -OCH3 is 1. The van der Waals surface area contributed by atoms with Crippen LogP contribution in [-0.4, -0.2) is 43.3 Å². The lowest BCUT2D eigenvalue weighted by atomic mass is 9.85. The molecule has 1 aliphatic rings. The monoisotopic (exact) mass is 435 g/mol. The lowest BCUT2D eigenvalue weighted by Crippen LogP contribution is -2.43. The van der Waals surface area contributed by atoms with Crippen LogP contribution >= 0.6 is 0 Å². The number of ether oxygens (including phenoxy) is 1. The fourth-order valence-corrected chi connectivity index (χ4v) is 3.70. The van der Waals surface area contributed by atoms with E-state index in [-0.39, 0.29) is 23.1 Å². The second-order valence-corrected chi connectivity index (χ2v) is 8.45. The number of fused-ring (bicyclic) bond motifs is 1. The second kappa shape index (κ2) is 9.68. The molecule has 0 atom stereocenters. The number of carbonyl (C=O) groups excluding carboxylic acids is 3. The van der Waals surface area contributed by atoms with Crippen molar-refractivity contribution in [1.29, 1.82) is 0 Å². The van der Waals surface area contributed by atoms with Gasteiger partial charge in [-0.2, -0.15) is 0 Å². The van der Waals surface area contributed by atoms with Gasteiger partial charge in [0.05, 0.1) is 7.11 Å². The molecule has 0 bridgehead atoms. The Bertz CT molecular complexity index is 1070. The van der Waals surface area contributed by atoms with E-state index in [9.17, 15) is 14.4 Å². The van der Waals surface area contributed by atoms with Gasteiger partial charge in [0.25, 0.3) is 5.91 Å². The fraction of sp³-hybridized carbons (Fsp3) is 0.320. The Kier molecular flexibility index (Phi) is 6.98. The van der Waals surface area contributed by atoms with Crippen molar-refractivity contribution in [2.45, 2.75) is 32.7 Å². The predicted octanol–water partition coefficient (Wildman–Crippen LogP) is 2.71. The van der Waals surface area contributed by atoms with Crippen molar-refractivity contribution >= 4 is 23.3 Å². The van der Waals surface area contributed by atoms with Crippen LogP contribution in [0.25, 0.3) is 5.70 Å². The van der Waals surface area contributed by atoms with Crippen molar-refractivity contribution in [2.24, 2.45) is 0 Å². The maximum atomic E-state index is 13.1. The summed E-state index contributed by atoms with van der Waals surface area (Å²) in [5.74, 6) is 0.0663. The summed E-state index contributed by atoms with van der Waals surface area (Å²) < 4.78 is 5.36. The summed E-state index contributed by atoms with van der Waals surface area (Å²) in [5, 5.41) is 8.80. The first kappa shape index (κ1) is 23.1. The molecule has 3 N–H and O–H groups in total. The maximum Gasteiger partial charge on any atom is 0.251 e. The van der Waals surface area contributed by atoms with Gasteiger partial charge in [-0.1, -0.05) is 18.2 Å². The lowest BCUT2D eigenvalue weighted by Gasteiger charge is -2.35. The molecule has 1 aliphatic heterocycles. The molecule has 32 heavy (non-hydrogen) atoms. The molecule has 3 rings (SSSR count). The number of allylic oxidation sites excluding steroid dienone is 1. The van der Waals surface area contributed by atoms with Gasteiger partial charge in [-0.25, -0.2) is 0 Å². The molecular formula is C25H29N3O4. The Labute approximate surface area is 188 Å². The summed E-state index contributed by atoms with van der Waals surface area (Å²) in [6.45, 7) is 6.24. The predicted molar refractivity (Wildman–Crippen MR) is 124 cm³/mol. The molecule has 0 aromatic heterocycles. The highest BCUT2D eigenvalue weighted by molar-refractivity contribution is 6.10. The highest BCUT2D eigenvalue weighted by Gasteiger charge is 2.28. The number of nitrogens with one attached hydrogen (secondary N) is 3. The van der Waals surface area contributed by atoms with Crippen molar-refractivity contribution in [3.8, 4) is 5.75 Å². The molecule has 2 aromatic carbocycles. The SMILES string of the molecule is COc1ccc2c(c1)/C(=C/C(=O)c1cccc(C(=O)NCCNC(C)=O)c1)NC(C)(C)C2. The van der Waals surface area contributed by atoms with Gasteiger partial charge in [0.15, 0.2) is 5.78 Å². The maximum absolute atomic E-state index is 13.1. The molecule has 0 saturated heterocycles. The minimum absolute atomic E-state index is 0.154. The number of carbonyl (C=O) groups is 3. The van der Waals surface area contributed by atoms with Gasteiger partial charge < -0.3 is 20.7 Å². The van der Waals surface area contributed by atoms with Crippen LogP contribution in [0.4, 0.5) is 0 Å². The lowest BCUT2D eigenvalue weighted by molar-refractivity contribution is -0.118. The van der Waals surface area contributed by atoms with E-state index < -0.39 is 0 Å². The Morgan fingerprint density at radius 1 is 1.06 bits per heavy atom. The normalized spacial score (nSPS) is 15.3. The summed E-state index contributed by atoms with van der Waals surface area (Å²) in [5.41, 5.74) is 3.40. The summed E-state index contributed by atoms with van der Waals surface area (Å²) >= 11 is 0. The zero-order chi connectivity index (χ0) is 23.3. The third kappa shape index (κ3) is 5.75. The van der Waals surface area contributed by atoms with Gasteiger partial charge in [0.2, 0.25) is 5.91 Å². The van der Waals surface area contributed by atoms with Gasteiger partial charge in [-0.3, -0.25) is 14.4 Å². The van der Waals surface area contributed by atoms with E-state index in [0.717, 1.165) is 29.0 Å². The minimum Gasteiger partial charge on any atom is -0.497 e. The van der Waals surface area contributed by atoms with Crippen LogP contribution in [0.5, 0.6) is 5.75 Å². The van der Waals surface area contributed by atoms with Gasteiger partial charge in [-0.05, 0) is 50.1 Å². The third-order valence-electron chi connectivity index (χ3n) is 5.18. The quantitative estimate of drug-likeness (QED) is 0.353. The van der Waals surface area contributed by atoms with Gasteiger partial charge in [-0.15, -0.1) is 0 Å². The van der Waals surface area contributed by atoms with Gasteiger partial charge in [0.1, 0.15) is 5.75 Å². The van der Waals surface area contributed by atoms with Crippen molar-refractivity contribution < 1.29 is 19.1 Å². The van der Waals surface area contributed by atoms with E-state index in [1.54, 1.807) is 37.5 Å². The first-order valence-corrected chi connectivity index (χ1v) is 10.5. The van der Waals surface area contributed by atoms with Crippen molar-refractivity contribution in [3.05, 3.63) is 70.8 Å². The molecule has 0 fully saturated rings. The molecule has 1 heterocycles. The molecule has 0 aliphatic carbocycles. The Morgan fingerprint density at radius 2 is 1.78 bits per heavy atom. The first-order valence-electron chi connectivity index (χ1n) is 10.5. The van der Waals surface area contributed by atoms with E-state index in [1.807, 2.05) is 18.2 Å². The highest BCUT2D eigenvalue weighted by atomic mass is 16.5. The van der Waals surface area contributed by atoms with E-state index in [4.69, 9.17) is 4.74 Å². The summed E-state index contributed by atoms with van der Waals surface area (Å²) in [6, 6.07) is 12.5. The van der Waals surface area contributed by atoms with Crippen LogP contribution < -0.4 is 20.7 Å². The fourth-order valence-electron chi connectivity index (χ4n) is 3.70. The Balaban J connectivity index is 1.82. The smallest absolute Gasteiger partial charge is 0.251 e. The zero-order valence-corrected chi connectivity index (χ0v) is 18.9. The number of hydrogen-bond acceptors (Lipinski definition) is 5. The number of ketones is 1. The average molecular weight is 436 g/mol. The first-order chi connectivity index (χ1) is 15.2. The largest absolute Gasteiger partial charge is 0.497 e. The molecule has 2 amide bonds. The van der Waals surface area contributed by atoms with Crippen molar-refractivity contribution in [1.82, 2.24) is 16.0 Å². The van der Waals surface area contributed by atoms with Gasteiger partial charge in [0, 0.05) is 54.0 Å². The van der Waals surface area contributed by atoms with E-state index in [2.05, 4.69) is 29.8 Å². The van der Waals surface area contributed by atoms with Crippen LogP contribution in [0.3, 0.4) is 0 Å². The molecule has 0 saturated carbocycles. The summed E-state index contributed by atoms with van der Waals surface area (Å²) in [4.78, 5) is 36.4. The van der Waals surface area contributed by atoms with Crippen LogP contribution in [0, 0.1) is 0 Å². The molecule has 0 spiro atoms. The highest BCUT2D eigenvalue weighted by Crippen LogP contribution is 2.32. The minimum atomic E-state index is -0.301. The Hall–Kier alpha value is -3.61. The molecule has 7 heteroatoms. The van der Waals surface area contributed by atoms with Crippen LogP contribution in [-0.2, 0) is 11.2 Å². The molecular weight excluding hydrogens is 406 g/mol. The van der Waals surface area contributed by atoms with E-state index in [1.165, 1.54) is 6.92 Å². The number of rotatable bonds is 7. The second-order valence-electron chi connectivity index (χ2n) is 8.45. The average Bonchev–Trinajstić information content (AvgIpc) is 2.75. The third-order valence-corrected chi connectivity index (χ3v) is 5.18. The number of hydrogen-bond donors (Lipinski definition) is 3. The Morgan fingerprint density at radius 3 is 2.50 bits per heavy atom. The van der Waals surface area contributed by atoms with Crippen LogP contribution in [0.15, 0.2) is 48.5 Å². The van der Waals surface area contributed by atoms with Gasteiger partial charge >= 0.3 is 0 Å². The summed E-state index contributed by atoms with van der Waals surface area (Å²) in [6.07, 6.45) is 2.40. The molecule has 0 radical (unpaired) electrons. The van der Waals surface area contributed by atoms with Crippen LogP contribution in [0.1, 0.15) is 52.6 Å². The molecule has 7 nitrogen and oxygen atoms in total. The summed E-state index contributed by atoms with van der Waals surface area (Å²) in [7, 11) is 1.61. The zero-order valence-electron chi connectivity index (χ0n) is 18.9. The van der Waals surface area contributed by atoms with E-state index in [0.29, 0.717) is 24.2 Å². The standard InChI is InChI=1S/C25H29N3O4/c1-16(29)26-10-11-27-24(31)18-7-5-6-17(12-18)23(30)14-22-21-13-20(32-4)9-8-19(21)15-25(2,3)28-22/h5-9,12-14,28H,10-11,15H2,1-4H3,(H,26,29)(H,27,31)/b22-14-.